The maximum Gasteiger partial charge on any atom is 0.240 e. The van der Waals surface area contributed by atoms with Crippen LogP contribution in [-0.4, -0.2) is 39.9 Å². The number of rotatable bonds is 10. The second-order valence-corrected chi connectivity index (χ2v) is 6.84. The smallest absolute Gasteiger partial charge is 0.240 e. The first-order chi connectivity index (χ1) is 11.4. The van der Waals surface area contributed by atoms with Gasteiger partial charge in [-0.15, -0.1) is 12.4 Å². The lowest BCUT2D eigenvalue weighted by Crippen LogP contribution is -2.29. The lowest BCUT2D eigenvalue weighted by Gasteiger charge is -2.09. The van der Waals surface area contributed by atoms with E-state index in [4.69, 9.17) is 5.73 Å². The van der Waals surface area contributed by atoms with E-state index in [1.165, 1.54) is 12.1 Å². The van der Waals surface area contributed by atoms with Gasteiger partial charge in [0.2, 0.25) is 21.8 Å². The summed E-state index contributed by atoms with van der Waals surface area (Å²) in [5.74, 6) is -0.367. The molecule has 0 saturated carbocycles. The van der Waals surface area contributed by atoms with Crippen molar-refractivity contribution in [1.82, 2.24) is 10.0 Å². The number of nitrogens with one attached hydrogen (secondary N) is 3. The first-order valence-corrected chi connectivity index (χ1v) is 9.23. The average Bonchev–Trinajstić information content (AvgIpc) is 2.53. The third-order valence-electron chi connectivity index (χ3n) is 3.05. The molecule has 0 spiro atoms. The molecule has 0 bridgehead atoms. The second-order valence-electron chi connectivity index (χ2n) is 5.07. The zero-order chi connectivity index (χ0) is 18.0. The van der Waals surface area contributed by atoms with E-state index in [0.717, 1.165) is 0 Å². The van der Waals surface area contributed by atoms with E-state index in [1.54, 1.807) is 12.1 Å². The summed E-state index contributed by atoms with van der Waals surface area (Å²) in [6, 6.07) is 5.95. The fourth-order valence-electron chi connectivity index (χ4n) is 1.94. The van der Waals surface area contributed by atoms with Crippen LogP contribution in [0.2, 0.25) is 0 Å². The fraction of sp³-hybridized carbons (Fsp3) is 0.467. The van der Waals surface area contributed by atoms with Crippen molar-refractivity contribution in [3.8, 4) is 0 Å². The van der Waals surface area contributed by atoms with Gasteiger partial charge in [-0.25, -0.2) is 13.1 Å². The molecular formula is C15H25ClN4O4S. The Balaban J connectivity index is 0.00000576. The molecule has 142 valence electrons. The highest BCUT2D eigenvalue weighted by Crippen LogP contribution is 2.15. The molecule has 5 N–H and O–H groups in total. The third-order valence-corrected chi connectivity index (χ3v) is 4.50. The van der Waals surface area contributed by atoms with Crippen molar-refractivity contribution in [2.45, 2.75) is 31.1 Å². The normalized spacial score (nSPS) is 10.6. The maximum atomic E-state index is 12.0. The lowest BCUT2D eigenvalue weighted by molar-refractivity contribution is -0.121. The molecule has 0 unspecified atom stereocenters. The average molecular weight is 393 g/mol. The summed E-state index contributed by atoms with van der Waals surface area (Å²) in [6.45, 7) is 2.72. The first-order valence-electron chi connectivity index (χ1n) is 7.75. The SMILES string of the molecule is CCNC(=O)CCCC(=O)Nc1cccc(S(=O)(=O)NCCN)c1.Cl. The molecule has 0 atom stereocenters. The van der Waals surface area contributed by atoms with Crippen molar-refractivity contribution in [2.24, 2.45) is 5.73 Å². The van der Waals surface area contributed by atoms with E-state index < -0.39 is 10.0 Å². The lowest BCUT2D eigenvalue weighted by atomic mass is 10.2. The molecule has 0 saturated heterocycles. The number of carbonyl (C=O) groups excluding carboxylic acids is 2. The van der Waals surface area contributed by atoms with Gasteiger partial charge in [0.25, 0.3) is 0 Å². The van der Waals surface area contributed by atoms with Crippen molar-refractivity contribution in [3.05, 3.63) is 24.3 Å². The van der Waals surface area contributed by atoms with Crippen molar-refractivity contribution in [3.63, 3.8) is 0 Å². The van der Waals surface area contributed by atoms with Gasteiger partial charge in [-0.1, -0.05) is 6.07 Å². The van der Waals surface area contributed by atoms with Crippen LogP contribution in [-0.2, 0) is 19.6 Å². The molecule has 0 radical (unpaired) electrons. The van der Waals surface area contributed by atoms with Crippen LogP contribution in [0.5, 0.6) is 0 Å². The van der Waals surface area contributed by atoms with Gasteiger partial charge < -0.3 is 16.4 Å². The van der Waals surface area contributed by atoms with Crippen molar-refractivity contribution in [2.75, 3.05) is 25.0 Å². The van der Waals surface area contributed by atoms with Crippen molar-refractivity contribution >= 4 is 39.9 Å². The van der Waals surface area contributed by atoms with E-state index in [0.29, 0.717) is 18.7 Å². The number of halogens is 1. The number of sulfonamides is 1. The quantitative estimate of drug-likeness (QED) is 0.463. The van der Waals surface area contributed by atoms with Gasteiger partial charge in [-0.2, -0.15) is 0 Å². The summed E-state index contributed by atoms with van der Waals surface area (Å²) in [6.07, 6.45) is 0.881. The number of hydrogen-bond acceptors (Lipinski definition) is 5. The third kappa shape index (κ3) is 8.82. The molecular weight excluding hydrogens is 368 g/mol. The van der Waals surface area contributed by atoms with E-state index in [2.05, 4.69) is 15.4 Å². The van der Waals surface area contributed by atoms with Gasteiger partial charge in [0.1, 0.15) is 0 Å². The van der Waals surface area contributed by atoms with Gasteiger partial charge in [-0.05, 0) is 31.5 Å². The molecule has 10 heteroatoms. The molecule has 1 aromatic rings. The minimum atomic E-state index is -3.65. The molecule has 8 nitrogen and oxygen atoms in total. The van der Waals surface area contributed by atoms with Crippen LogP contribution >= 0.6 is 12.4 Å². The Morgan fingerprint density at radius 1 is 1.16 bits per heavy atom. The minimum Gasteiger partial charge on any atom is -0.356 e. The van der Waals surface area contributed by atoms with E-state index in [-0.39, 0.29) is 55.0 Å². The molecule has 2 amide bonds. The summed E-state index contributed by atoms with van der Waals surface area (Å²) in [4.78, 5) is 23.2. The number of hydrogen-bond donors (Lipinski definition) is 4. The Morgan fingerprint density at radius 3 is 2.48 bits per heavy atom. The zero-order valence-electron chi connectivity index (χ0n) is 14.1. The van der Waals surface area contributed by atoms with Crippen LogP contribution in [0.3, 0.4) is 0 Å². The van der Waals surface area contributed by atoms with Crippen LogP contribution in [0.1, 0.15) is 26.2 Å². The maximum absolute atomic E-state index is 12.0. The van der Waals surface area contributed by atoms with Gasteiger partial charge in [0.05, 0.1) is 4.90 Å². The van der Waals surface area contributed by atoms with Crippen LogP contribution in [0.4, 0.5) is 5.69 Å². The van der Waals surface area contributed by atoms with Crippen LogP contribution in [0.15, 0.2) is 29.2 Å². The van der Waals surface area contributed by atoms with Crippen molar-refractivity contribution < 1.29 is 18.0 Å². The second kappa shape index (κ2) is 11.8. The predicted octanol–water partition coefficient (Wildman–Crippen LogP) is 0.590. The highest BCUT2D eigenvalue weighted by Gasteiger charge is 2.14. The highest BCUT2D eigenvalue weighted by atomic mass is 35.5. The Morgan fingerprint density at radius 2 is 1.84 bits per heavy atom. The first kappa shape index (κ1) is 23.3. The predicted molar refractivity (Wildman–Crippen MR) is 99.1 cm³/mol. The molecule has 0 aliphatic heterocycles. The number of anilines is 1. The fourth-order valence-corrected chi connectivity index (χ4v) is 3.03. The zero-order valence-corrected chi connectivity index (χ0v) is 15.7. The number of benzene rings is 1. The van der Waals surface area contributed by atoms with Crippen LogP contribution in [0.25, 0.3) is 0 Å². The van der Waals surface area contributed by atoms with Crippen LogP contribution < -0.4 is 21.1 Å². The van der Waals surface area contributed by atoms with Gasteiger partial charge in [-0.3, -0.25) is 9.59 Å². The standard InChI is InChI=1S/C15H24N4O4S.ClH/c1-2-17-14(20)7-4-8-15(21)19-12-5-3-6-13(11-12)24(22,23)18-10-9-16;/h3,5-6,11,18H,2,4,7-10,16H2,1H3,(H,17,20)(H,19,21);1H. The topological polar surface area (TPSA) is 130 Å². The Hall–Kier alpha value is -1.68. The van der Waals surface area contributed by atoms with Crippen LogP contribution in [0, 0.1) is 0 Å². The Kier molecular flexibility index (Phi) is 11.0. The molecule has 0 heterocycles. The molecule has 0 aromatic heterocycles. The molecule has 0 aliphatic rings. The Labute approximate surface area is 154 Å². The van der Waals surface area contributed by atoms with E-state index >= 15 is 0 Å². The minimum absolute atomic E-state index is 0. The number of carbonyl (C=O) groups is 2. The van der Waals surface area contributed by atoms with Gasteiger partial charge in [0, 0.05) is 38.2 Å². The summed E-state index contributed by atoms with van der Waals surface area (Å²) in [5.41, 5.74) is 5.67. The van der Waals surface area contributed by atoms with Gasteiger partial charge >= 0.3 is 0 Å². The van der Waals surface area contributed by atoms with Gasteiger partial charge in [0.15, 0.2) is 0 Å². The molecule has 0 fully saturated rings. The molecule has 1 rings (SSSR count). The summed E-state index contributed by atoms with van der Waals surface area (Å²) in [5, 5.41) is 5.29. The molecule has 0 aliphatic carbocycles. The monoisotopic (exact) mass is 392 g/mol. The molecule has 25 heavy (non-hydrogen) atoms. The molecule has 1 aromatic carbocycles. The number of nitrogens with two attached hydrogens (primary N) is 1. The van der Waals surface area contributed by atoms with E-state index in [9.17, 15) is 18.0 Å². The highest BCUT2D eigenvalue weighted by molar-refractivity contribution is 7.89. The number of amides is 2. The largest absolute Gasteiger partial charge is 0.356 e. The van der Waals surface area contributed by atoms with E-state index in [1.807, 2.05) is 6.92 Å². The summed E-state index contributed by atoms with van der Waals surface area (Å²) < 4.78 is 26.4. The Bertz CT molecular complexity index is 667. The van der Waals surface area contributed by atoms with Crippen molar-refractivity contribution in [1.29, 1.82) is 0 Å². The summed E-state index contributed by atoms with van der Waals surface area (Å²) in [7, 11) is -3.65. The summed E-state index contributed by atoms with van der Waals surface area (Å²) >= 11 is 0.